The molecule has 0 bridgehead atoms. The molecule has 1 amide bonds. The SMILES string of the molecule is CN1CCN(c2ccc(NC(=O)c3ccc4cc[nH]c4c3)cc2)CC1. The molecule has 3 aromatic rings. The number of likely N-dealkylation sites (N-methyl/N-ethyl adjacent to an activating group) is 1. The summed E-state index contributed by atoms with van der Waals surface area (Å²) in [5, 5.41) is 4.08. The maximum atomic E-state index is 12.5. The molecule has 1 aliphatic heterocycles. The molecule has 2 aromatic carbocycles. The second kappa shape index (κ2) is 6.61. The van der Waals surface area contributed by atoms with E-state index in [2.05, 4.69) is 39.3 Å². The average Bonchev–Trinajstić information content (AvgIpc) is 3.11. The Morgan fingerprint density at radius 1 is 1.00 bits per heavy atom. The van der Waals surface area contributed by atoms with Gasteiger partial charge in [0.15, 0.2) is 0 Å². The highest BCUT2D eigenvalue weighted by Gasteiger charge is 2.14. The summed E-state index contributed by atoms with van der Waals surface area (Å²) in [6.07, 6.45) is 1.88. The van der Waals surface area contributed by atoms with Crippen molar-refractivity contribution in [3.8, 4) is 0 Å². The first-order chi connectivity index (χ1) is 12.2. The number of nitrogens with one attached hydrogen (secondary N) is 2. The van der Waals surface area contributed by atoms with E-state index in [1.807, 2.05) is 42.6 Å². The summed E-state index contributed by atoms with van der Waals surface area (Å²) in [5.41, 5.74) is 3.64. The minimum absolute atomic E-state index is 0.0937. The van der Waals surface area contributed by atoms with Gasteiger partial charge in [0.05, 0.1) is 0 Å². The van der Waals surface area contributed by atoms with E-state index in [0.29, 0.717) is 5.56 Å². The van der Waals surface area contributed by atoms with E-state index in [1.54, 1.807) is 0 Å². The van der Waals surface area contributed by atoms with Gasteiger partial charge in [0, 0.05) is 54.8 Å². The van der Waals surface area contributed by atoms with E-state index < -0.39 is 0 Å². The van der Waals surface area contributed by atoms with Gasteiger partial charge in [-0.25, -0.2) is 0 Å². The molecule has 0 unspecified atom stereocenters. The summed E-state index contributed by atoms with van der Waals surface area (Å²) >= 11 is 0. The number of piperazine rings is 1. The second-order valence-electron chi connectivity index (χ2n) is 6.57. The zero-order chi connectivity index (χ0) is 17.2. The Morgan fingerprint density at radius 2 is 1.76 bits per heavy atom. The summed E-state index contributed by atoms with van der Waals surface area (Å²) in [7, 11) is 2.15. The van der Waals surface area contributed by atoms with Crippen LogP contribution in [0.5, 0.6) is 0 Å². The Hall–Kier alpha value is -2.79. The molecule has 5 nitrogen and oxygen atoms in total. The topological polar surface area (TPSA) is 51.4 Å². The third-order valence-electron chi connectivity index (χ3n) is 4.81. The van der Waals surface area contributed by atoms with Crippen LogP contribution in [-0.2, 0) is 0 Å². The Kier molecular flexibility index (Phi) is 4.15. The highest BCUT2D eigenvalue weighted by molar-refractivity contribution is 6.06. The monoisotopic (exact) mass is 334 g/mol. The van der Waals surface area contributed by atoms with E-state index in [4.69, 9.17) is 0 Å². The lowest BCUT2D eigenvalue weighted by molar-refractivity contribution is 0.102. The number of carbonyl (C=O) groups is 1. The van der Waals surface area contributed by atoms with Crippen molar-refractivity contribution in [2.24, 2.45) is 0 Å². The van der Waals surface area contributed by atoms with Crippen LogP contribution in [0.15, 0.2) is 54.7 Å². The van der Waals surface area contributed by atoms with Gasteiger partial charge in [-0.1, -0.05) is 6.07 Å². The maximum Gasteiger partial charge on any atom is 0.255 e. The predicted octanol–water partition coefficient (Wildman–Crippen LogP) is 3.17. The molecule has 0 spiro atoms. The number of H-pyrrole nitrogens is 1. The van der Waals surface area contributed by atoms with Gasteiger partial charge in [0.2, 0.25) is 0 Å². The molecule has 1 fully saturated rings. The molecule has 0 saturated carbocycles. The summed E-state index contributed by atoms with van der Waals surface area (Å²) in [6.45, 7) is 4.25. The van der Waals surface area contributed by atoms with E-state index in [-0.39, 0.29) is 5.91 Å². The number of fused-ring (bicyclic) bond motifs is 1. The third-order valence-corrected chi connectivity index (χ3v) is 4.81. The lowest BCUT2D eigenvalue weighted by Crippen LogP contribution is -2.44. The van der Waals surface area contributed by atoms with Crippen molar-refractivity contribution in [3.05, 3.63) is 60.3 Å². The largest absolute Gasteiger partial charge is 0.369 e. The molecule has 1 aromatic heterocycles. The minimum Gasteiger partial charge on any atom is -0.369 e. The molecule has 128 valence electrons. The van der Waals surface area contributed by atoms with E-state index in [1.165, 1.54) is 5.69 Å². The van der Waals surface area contributed by atoms with Gasteiger partial charge in [-0.3, -0.25) is 4.79 Å². The van der Waals surface area contributed by atoms with Crippen molar-refractivity contribution >= 4 is 28.2 Å². The fourth-order valence-corrected chi connectivity index (χ4v) is 3.21. The number of hydrogen-bond donors (Lipinski definition) is 2. The quantitative estimate of drug-likeness (QED) is 0.773. The van der Waals surface area contributed by atoms with Crippen LogP contribution in [0.3, 0.4) is 0 Å². The maximum absolute atomic E-state index is 12.5. The van der Waals surface area contributed by atoms with Crippen molar-refractivity contribution in [2.75, 3.05) is 43.4 Å². The summed E-state index contributed by atoms with van der Waals surface area (Å²) in [6, 6.07) is 15.8. The van der Waals surface area contributed by atoms with Crippen LogP contribution >= 0.6 is 0 Å². The van der Waals surface area contributed by atoms with Gasteiger partial charge in [0.1, 0.15) is 0 Å². The predicted molar refractivity (Wildman–Crippen MR) is 102 cm³/mol. The van der Waals surface area contributed by atoms with E-state index >= 15 is 0 Å². The van der Waals surface area contributed by atoms with Gasteiger partial charge in [-0.05, 0) is 54.9 Å². The van der Waals surface area contributed by atoms with Gasteiger partial charge in [-0.2, -0.15) is 0 Å². The van der Waals surface area contributed by atoms with Crippen LogP contribution in [0, 0.1) is 0 Å². The zero-order valence-electron chi connectivity index (χ0n) is 14.3. The Morgan fingerprint density at radius 3 is 2.52 bits per heavy atom. The number of amides is 1. The molecule has 25 heavy (non-hydrogen) atoms. The van der Waals surface area contributed by atoms with Crippen LogP contribution < -0.4 is 10.2 Å². The molecule has 0 radical (unpaired) electrons. The summed E-state index contributed by atoms with van der Waals surface area (Å²) in [4.78, 5) is 20.3. The Balaban J connectivity index is 1.44. The fourth-order valence-electron chi connectivity index (χ4n) is 3.21. The molecule has 2 N–H and O–H groups in total. The number of nitrogens with zero attached hydrogens (tertiary/aromatic N) is 2. The number of rotatable bonds is 3. The van der Waals surface area contributed by atoms with Crippen molar-refractivity contribution in [2.45, 2.75) is 0 Å². The molecular formula is C20H22N4O. The molecular weight excluding hydrogens is 312 g/mol. The van der Waals surface area contributed by atoms with Gasteiger partial charge < -0.3 is 20.1 Å². The van der Waals surface area contributed by atoms with Crippen LogP contribution in [0.25, 0.3) is 10.9 Å². The summed E-state index contributed by atoms with van der Waals surface area (Å²) < 4.78 is 0. The third kappa shape index (κ3) is 3.37. The van der Waals surface area contributed by atoms with Crippen LogP contribution in [0.1, 0.15) is 10.4 Å². The molecule has 2 heterocycles. The highest BCUT2D eigenvalue weighted by atomic mass is 16.1. The standard InChI is InChI=1S/C20H22N4O/c1-23-10-12-24(13-11-23)18-6-4-17(5-7-18)22-20(25)16-3-2-15-8-9-21-19(15)14-16/h2-9,14,21H,10-13H2,1H3,(H,22,25). The first-order valence-electron chi connectivity index (χ1n) is 8.61. The molecule has 1 aliphatic rings. The first-order valence-corrected chi connectivity index (χ1v) is 8.61. The van der Waals surface area contributed by atoms with Gasteiger partial charge >= 0.3 is 0 Å². The molecule has 5 heteroatoms. The Labute approximate surface area is 147 Å². The average molecular weight is 334 g/mol. The Bertz CT molecular complexity index is 876. The number of carbonyl (C=O) groups excluding carboxylic acids is 1. The van der Waals surface area contributed by atoms with Crippen molar-refractivity contribution in [1.29, 1.82) is 0 Å². The van der Waals surface area contributed by atoms with Crippen LogP contribution in [-0.4, -0.2) is 49.0 Å². The molecule has 0 aliphatic carbocycles. The lowest BCUT2D eigenvalue weighted by Gasteiger charge is -2.34. The van der Waals surface area contributed by atoms with E-state index in [0.717, 1.165) is 42.8 Å². The van der Waals surface area contributed by atoms with Crippen molar-refractivity contribution in [3.63, 3.8) is 0 Å². The molecule has 0 atom stereocenters. The van der Waals surface area contributed by atoms with Gasteiger partial charge in [-0.15, -0.1) is 0 Å². The van der Waals surface area contributed by atoms with Crippen LogP contribution in [0.4, 0.5) is 11.4 Å². The molecule has 4 rings (SSSR count). The zero-order valence-corrected chi connectivity index (χ0v) is 14.3. The van der Waals surface area contributed by atoms with Crippen LogP contribution in [0.2, 0.25) is 0 Å². The molecule has 1 saturated heterocycles. The summed E-state index contributed by atoms with van der Waals surface area (Å²) in [5.74, 6) is -0.0937. The normalized spacial score (nSPS) is 15.5. The second-order valence-corrected chi connectivity index (χ2v) is 6.57. The number of benzene rings is 2. The fraction of sp³-hybridized carbons (Fsp3) is 0.250. The highest BCUT2D eigenvalue weighted by Crippen LogP contribution is 2.20. The number of aromatic nitrogens is 1. The van der Waals surface area contributed by atoms with Gasteiger partial charge in [0.25, 0.3) is 5.91 Å². The smallest absolute Gasteiger partial charge is 0.255 e. The number of hydrogen-bond acceptors (Lipinski definition) is 3. The lowest BCUT2D eigenvalue weighted by atomic mass is 10.1. The first kappa shape index (κ1) is 15.7. The van der Waals surface area contributed by atoms with Crippen molar-refractivity contribution < 1.29 is 4.79 Å². The number of aromatic amines is 1. The van der Waals surface area contributed by atoms with Crippen molar-refractivity contribution in [1.82, 2.24) is 9.88 Å². The minimum atomic E-state index is -0.0937. The number of anilines is 2. The van der Waals surface area contributed by atoms with E-state index in [9.17, 15) is 4.79 Å².